The summed E-state index contributed by atoms with van der Waals surface area (Å²) in [5.74, 6) is -0.594. The Bertz CT molecular complexity index is 1220. The lowest BCUT2D eigenvalue weighted by Crippen LogP contribution is -2.27. The van der Waals surface area contributed by atoms with Crippen molar-refractivity contribution in [3.63, 3.8) is 0 Å². The van der Waals surface area contributed by atoms with Crippen LogP contribution in [0.25, 0.3) is 17.2 Å². The Hall–Kier alpha value is -3.84. The highest BCUT2D eigenvalue weighted by Gasteiger charge is 2.34. The normalized spacial score (nSPS) is 14.8. The number of hydrogen-bond acceptors (Lipinski definition) is 5. The van der Waals surface area contributed by atoms with Crippen molar-refractivity contribution in [1.29, 1.82) is 0 Å². The first-order valence-electron chi connectivity index (χ1n) is 9.77. The van der Waals surface area contributed by atoms with Gasteiger partial charge in [0.1, 0.15) is 5.75 Å². The minimum Gasteiger partial charge on any atom is -0.497 e. The lowest BCUT2D eigenvalue weighted by Gasteiger charge is -2.12. The van der Waals surface area contributed by atoms with Crippen molar-refractivity contribution in [3.8, 4) is 16.9 Å². The molecule has 32 heavy (non-hydrogen) atoms. The van der Waals surface area contributed by atoms with Crippen LogP contribution in [0.1, 0.15) is 21.5 Å². The maximum Gasteiger partial charge on any atom is 0.335 e. The molecule has 2 amide bonds. The fourth-order valence-corrected chi connectivity index (χ4v) is 4.15. The van der Waals surface area contributed by atoms with Crippen LogP contribution >= 0.6 is 11.8 Å². The first kappa shape index (κ1) is 21.4. The molecule has 0 aromatic heterocycles. The minimum absolute atomic E-state index is 0.196. The molecular formula is C25H19NO5S. The highest BCUT2D eigenvalue weighted by atomic mass is 32.2. The molecule has 1 aliphatic rings. The van der Waals surface area contributed by atoms with Crippen LogP contribution in [0.3, 0.4) is 0 Å². The predicted molar refractivity (Wildman–Crippen MR) is 123 cm³/mol. The topological polar surface area (TPSA) is 83.9 Å². The van der Waals surface area contributed by atoms with Gasteiger partial charge in [0.15, 0.2) is 0 Å². The number of rotatable bonds is 6. The summed E-state index contributed by atoms with van der Waals surface area (Å²) in [6.45, 7) is 0.196. The van der Waals surface area contributed by atoms with Crippen molar-refractivity contribution in [1.82, 2.24) is 4.90 Å². The van der Waals surface area contributed by atoms with Crippen LogP contribution in [0.2, 0.25) is 0 Å². The van der Waals surface area contributed by atoms with Gasteiger partial charge in [-0.25, -0.2) is 4.79 Å². The number of hydrogen-bond donors (Lipinski definition) is 1. The maximum atomic E-state index is 12.8. The summed E-state index contributed by atoms with van der Waals surface area (Å²) in [7, 11) is 1.58. The molecule has 1 fully saturated rings. The van der Waals surface area contributed by atoms with Gasteiger partial charge in [-0.15, -0.1) is 0 Å². The summed E-state index contributed by atoms with van der Waals surface area (Å²) >= 11 is 0.919. The van der Waals surface area contributed by atoms with E-state index in [1.54, 1.807) is 49.6 Å². The lowest BCUT2D eigenvalue weighted by atomic mass is 10.0. The molecule has 0 aliphatic carbocycles. The number of thioether (sulfide) groups is 1. The maximum absolute atomic E-state index is 12.8. The van der Waals surface area contributed by atoms with Gasteiger partial charge in [0.2, 0.25) is 0 Å². The van der Waals surface area contributed by atoms with Gasteiger partial charge in [-0.05, 0) is 70.4 Å². The van der Waals surface area contributed by atoms with Gasteiger partial charge in [0.25, 0.3) is 11.1 Å². The number of aromatic carboxylic acids is 1. The van der Waals surface area contributed by atoms with E-state index in [9.17, 15) is 14.4 Å². The number of nitrogens with zero attached hydrogens (tertiary/aromatic N) is 1. The van der Waals surface area contributed by atoms with Crippen LogP contribution in [-0.4, -0.2) is 34.2 Å². The van der Waals surface area contributed by atoms with Crippen LogP contribution in [0, 0.1) is 0 Å². The van der Waals surface area contributed by atoms with E-state index >= 15 is 0 Å². The molecule has 0 saturated carbocycles. The summed E-state index contributed by atoms with van der Waals surface area (Å²) in [4.78, 5) is 37.9. The zero-order chi connectivity index (χ0) is 22.7. The van der Waals surface area contributed by atoms with Crippen molar-refractivity contribution >= 4 is 35.0 Å². The van der Waals surface area contributed by atoms with Crippen LogP contribution < -0.4 is 4.74 Å². The molecular weight excluding hydrogens is 426 g/mol. The molecule has 0 spiro atoms. The molecule has 3 aromatic rings. The second-order valence-corrected chi connectivity index (χ2v) is 8.12. The second kappa shape index (κ2) is 9.11. The summed E-state index contributed by atoms with van der Waals surface area (Å²) < 4.78 is 5.14. The van der Waals surface area contributed by atoms with E-state index in [0.717, 1.165) is 34.0 Å². The van der Waals surface area contributed by atoms with Gasteiger partial charge in [0.05, 0.1) is 24.1 Å². The van der Waals surface area contributed by atoms with E-state index in [-0.39, 0.29) is 23.3 Å². The number of amides is 2. The molecule has 0 atom stereocenters. The number of methoxy groups -OCH3 is 1. The fourth-order valence-electron chi connectivity index (χ4n) is 3.31. The van der Waals surface area contributed by atoms with Crippen LogP contribution in [0.15, 0.2) is 77.7 Å². The quantitative estimate of drug-likeness (QED) is 0.519. The summed E-state index contributed by atoms with van der Waals surface area (Å²) in [6.07, 6.45) is 1.70. The molecule has 1 N–H and O–H groups in total. The third kappa shape index (κ3) is 4.58. The van der Waals surface area contributed by atoms with Crippen LogP contribution in [0.4, 0.5) is 4.79 Å². The molecule has 4 rings (SSSR count). The molecule has 0 unspecified atom stereocenters. The van der Waals surface area contributed by atoms with Crippen molar-refractivity contribution < 1.29 is 24.2 Å². The van der Waals surface area contributed by atoms with E-state index in [1.165, 1.54) is 4.90 Å². The molecule has 1 heterocycles. The smallest absolute Gasteiger partial charge is 0.335 e. The zero-order valence-electron chi connectivity index (χ0n) is 17.1. The van der Waals surface area contributed by atoms with E-state index < -0.39 is 5.97 Å². The third-order valence-corrected chi connectivity index (χ3v) is 5.93. The van der Waals surface area contributed by atoms with Gasteiger partial charge in [-0.3, -0.25) is 14.5 Å². The Kier molecular flexibility index (Phi) is 6.09. The highest BCUT2D eigenvalue weighted by molar-refractivity contribution is 8.18. The van der Waals surface area contributed by atoms with Crippen molar-refractivity contribution in [3.05, 3.63) is 94.4 Å². The van der Waals surface area contributed by atoms with Crippen LogP contribution in [-0.2, 0) is 11.3 Å². The van der Waals surface area contributed by atoms with Gasteiger partial charge in [-0.1, -0.05) is 42.5 Å². The fraction of sp³-hybridized carbons (Fsp3) is 0.0800. The molecule has 1 saturated heterocycles. The average Bonchev–Trinajstić information content (AvgIpc) is 3.07. The van der Waals surface area contributed by atoms with Crippen molar-refractivity contribution in [2.75, 3.05) is 7.11 Å². The number of carboxylic acids is 1. The Morgan fingerprint density at radius 3 is 2.38 bits per heavy atom. The lowest BCUT2D eigenvalue weighted by molar-refractivity contribution is -0.123. The number of carboxylic acid groups (broad SMARTS) is 1. The Morgan fingerprint density at radius 2 is 1.72 bits per heavy atom. The number of ether oxygens (including phenoxy) is 1. The van der Waals surface area contributed by atoms with E-state index in [1.807, 2.05) is 36.4 Å². The van der Waals surface area contributed by atoms with Gasteiger partial charge in [0, 0.05) is 0 Å². The van der Waals surface area contributed by atoms with Crippen molar-refractivity contribution in [2.24, 2.45) is 0 Å². The van der Waals surface area contributed by atoms with E-state index in [2.05, 4.69) is 0 Å². The minimum atomic E-state index is -0.976. The Morgan fingerprint density at radius 1 is 1.00 bits per heavy atom. The molecule has 0 bridgehead atoms. The standard InChI is InChI=1S/C25H19NO5S/c1-31-21-11-5-16(6-12-21)15-26-23(27)22(32-25(26)30)14-17-3-2-4-20(13-17)18-7-9-19(10-8-18)24(28)29/h2-14H,15H2,1H3,(H,28,29). The Balaban J connectivity index is 1.53. The number of imide groups is 1. The van der Waals surface area contributed by atoms with Gasteiger partial charge in [-0.2, -0.15) is 0 Å². The largest absolute Gasteiger partial charge is 0.497 e. The summed E-state index contributed by atoms with van der Waals surface area (Å²) in [5, 5.41) is 8.75. The number of carbonyl (C=O) groups excluding carboxylic acids is 2. The molecule has 160 valence electrons. The molecule has 3 aromatic carbocycles. The monoisotopic (exact) mass is 445 g/mol. The predicted octanol–water partition coefficient (Wildman–Crippen LogP) is 5.30. The first-order valence-corrected chi connectivity index (χ1v) is 10.6. The molecule has 6 nitrogen and oxygen atoms in total. The third-order valence-electron chi connectivity index (χ3n) is 5.02. The first-order chi connectivity index (χ1) is 15.4. The molecule has 7 heteroatoms. The molecule has 1 aliphatic heterocycles. The second-order valence-electron chi connectivity index (χ2n) is 7.12. The van der Waals surface area contributed by atoms with Crippen molar-refractivity contribution in [2.45, 2.75) is 6.54 Å². The zero-order valence-corrected chi connectivity index (χ0v) is 18.0. The van der Waals surface area contributed by atoms with Crippen LogP contribution in [0.5, 0.6) is 5.75 Å². The number of benzene rings is 3. The van der Waals surface area contributed by atoms with E-state index in [4.69, 9.17) is 9.84 Å². The highest BCUT2D eigenvalue weighted by Crippen LogP contribution is 2.34. The summed E-state index contributed by atoms with van der Waals surface area (Å²) in [5.41, 5.74) is 3.57. The summed E-state index contributed by atoms with van der Waals surface area (Å²) in [6, 6.07) is 21.3. The van der Waals surface area contributed by atoms with E-state index in [0.29, 0.717) is 10.7 Å². The number of carbonyl (C=O) groups is 3. The van der Waals surface area contributed by atoms with Gasteiger partial charge >= 0.3 is 5.97 Å². The Labute approximate surface area is 189 Å². The molecule has 0 radical (unpaired) electrons. The SMILES string of the molecule is COc1ccc(CN2C(=O)SC(=Cc3cccc(-c4ccc(C(=O)O)cc4)c3)C2=O)cc1. The average molecular weight is 445 g/mol. The van der Waals surface area contributed by atoms with Gasteiger partial charge < -0.3 is 9.84 Å².